The van der Waals surface area contributed by atoms with Crippen LogP contribution in [-0.4, -0.2) is 60.9 Å². The van der Waals surface area contributed by atoms with Crippen molar-refractivity contribution in [2.45, 2.75) is 54.9 Å². The number of aliphatic carboxylic acids is 1. The van der Waals surface area contributed by atoms with Gasteiger partial charge in [0.15, 0.2) is 0 Å². The van der Waals surface area contributed by atoms with E-state index in [1.54, 1.807) is 0 Å². The van der Waals surface area contributed by atoms with Gasteiger partial charge in [-0.15, -0.1) is 0 Å². The molecule has 0 aromatic heterocycles. The van der Waals surface area contributed by atoms with E-state index < -0.39 is 62.6 Å². The highest BCUT2D eigenvalue weighted by molar-refractivity contribution is 7.89. The number of carbonyl (C=O) groups excluding carboxylic acids is 2. The van der Waals surface area contributed by atoms with Gasteiger partial charge in [-0.3, -0.25) is 14.4 Å². The van der Waals surface area contributed by atoms with Gasteiger partial charge in [-0.05, 0) is 37.5 Å². The second-order valence-electron chi connectivity index (χ2n) is 7.41. The molecule has 1 aromatic carbocycles. The molecule has 9 nitrogen and oxygen atoms in total. The minimum Gasteiger partial charge on any atom is -0.481 e. The zero-order chi connectivity index (χ0) is 23.0. The Morgan fingerprint density at radius 2 is 2.00 bits per heavy atom. The summed E-state index contributed by atoms with van der Waals surface area (Å²) in [7, 11) is -4.29. The topological polar surface area (TPSA) is 133 Å². The third-order valence-electron chi connectivity index (χ3n) is 5.24. The number of carboxylic acid groups (broad SMARTS) is 1. The molecule has 3 rings (SSSR count). The van der Waals surface area contributed by atoms with Gasteiger partial charge in [-0.2, -0.15) is 13.2 Å². The van der Waals surface area contributed by atoms with Crippen LogP contribution in [0.4, 0.5) is 13.2 Å². The van der Waals surface area contributed by atoms with E-state index in [0.717, 1.165) is 18.2 Å². The van der Waals surface area contributed by atoms with Gasteiger partial charge in [0, 0.05) is 19.0 Å². The number of nitrogens with zero attached hydrogens (tertiary/aromatic N) is 1. The number of hydrogen-bond donors (Lipinski definition) is 3. The van der Waals surface area contributed by atoms with Crippen LogP contribution in [0.15, 0.2) is 29.2 Å². The molecule has 170 valence electrons. The van der Waals surface area contributed by atoms with Gasteiger partial charge in [0.2, 0.25) is 21.8 Å². The van der Waals surface area contributed by atoms with Crippen molar-refractivity contribution >= 4 is 27.8 Å². The summed E-state index contributed by atoms with van der Waals surface area (Å²) in [5, 5.41) is 11.2. The van der Waals surface area contributed by atoms with Crippen molar-refractivity contribution in [3.8, 4) is 0 Å². The molecule has 2 amide bonds. The van der Waals surface area contributed by atoms with Crippen LogP contribution < -0.4 is 10.0 Å². The first kappa shape index (κ1) is 23.0. The predicted octanol–water partition coefficient (Wildman–Crippen LogP) is 0.707. The van der Waals surface area contributed by atoms with E-state index in [0.29, 0.717) is 6.07 Å². The van der Waals surface area contributed by atoms with Gasteiger partial charge in [0.1, 0.15) is 12.1 Å². The summed E-state index contributed by atoms with van der Waals surface area (Å²) in [6.07, 6.45) is -4.96. The maximum Gasteiger partial charge on any atom is 0.416 e. The third-order valence-corrected chi connectivity index (χ3v) is 6.76. The van der Waals surface area contributed by atoms with E-state index in [-0.39, 0.29) is 32.2 Å². The number of amides is 2. The van der Waals surface area contributed by atoms with E-state index >= 15 is 0 Å². The molecular formula is C18H20F3N3O6S. The second-order valence-corrected chi connectivity index (χ2v) is 9.12. The van der Waals surface area contributed by atoms with Crippen LogP contribution in [0.25, 0.3) is 0 Å². The Kier molecular flexibility index (Phi) is 6.28. The summed E-state index contributed by atoms with van der Waals surface area (Å²) in [5.41, 5.74) is -1.10. The smallest absolute Gasteiger partial charge is 0.416 e. The number of halogens is 3. The quantitative estimate of drug-likeness (QED) is 0.569. The Hall–Kier alpha value is -2.67. The number of benzene rings is 1. The summed E-state index contributed by atoms with van der Waals surface area (Å²) in [6, 6.07) is 0.642. The lowest BCUT2D eigenvalue weighted by atomic mass is 9.92. The van der Waals surface area contributed by atoms with Crippen LogP contribution in [0.3, 0.4) is 0 Å². The number of piperazine rings is 1. The molecule has 0 aliphatic carbocycles. The van der Waals surface area contributed by atoms with Crippen LogP contribution >= 0.6 is 0 Å². The molecule has 0 saturated carbocycles. The van der Waals surface area contributed by atoms with Gasteiger partial charge in [0.25, 0.3) is 0 Å². The molecule has 2 aliphatic heterocycles. The number of carboxylic acids is 1. The first-order valence-electron chi connectivity index (χ1n) is 9.41. The normalized spacial score (nSPS) is 24.5. The number of piperidine rings is 1. The summed E-state index contributed by atoms with van der Waals surface area (Å²) < 4.78 is 66.1. The van der Waals surface area contributed by atoms with Crippen molar-refractivity contribution in [3.05, 3.63) is 29.8 Å². The minimum absolute atomic E-state index is 0.0519. The molecule has 2 aliphatic rings. The Morgan fingerprint density at radius 3 is 2.65 bits per heavy atom. The molecule has 0 spiro atoms. The lowest BCUT2D eigenvalue weighted by Crippen LogP contribution is -2.66. The van der Waals surface area contributed by atoms with Crippen molar-refractivity contribution in [2.75, 3.05) is 6.54 Å². The average molecular weight is 463 g/mol. The van der Waals surface area contributed by atoms with Gasteiger partial charge in [0.05, 0.1) is 10.5 Å². The Bertz CT molecular complexity index is 997. The molecule has 0 bridgehead atoms. The highest BCUT2D eigenvalue weighted by Crippen LogP contribution is 2.31. The van der Waals surface area contributed by atoms with Crippen LogP contribution in [0.1, 0.15) is 31.2 Å². The molecule has 2 heterocycles. The number of alkyl halides is 3. The Labute approximate surface area is 175 Å². The number of fused-ring (bicyclic) bond motifs is 1. The lowest BCUT2D eigenvalue weighted by molar-refractivity contribution is -0.152. The number of nitrogens with one attached hydrogen (secondary N) is 2. The lowest BCUT2D eigenvalue weighted by Gasteiger charge is -2.44. The average Bonchev–Trinajstić information content (AvgIpc) is 2.68. The van der Waals surface area contributed by atoms with E-state index in [9.17, 15) is 36.0 Å². The van der Waals surface area contributed by atoms with Gasteiger partial charge < -0.3 is 15.3 Å². The first-order chi connectivity index (χ1) is 14.4. The van der Waals surface area contributed by atoms with Crippen molar-refractivity contribution in [1.29, 1.82) is 0 Å². The third kappa shape index (κ3) is 5.15. The highest BCUT2D eigenvalue weighted by atomic mass is 32.2. The highest BCUT2D eigenvalue weighted by Gasteiger charge is 2.44. The van der Waals surface area contributed by atoms with Crippen molar-refractivity contribution in [2.24, 2.45) is 0 Å². The zero-order valence-corrected chi connectivity index (χ0v) is 16.9. The van der Waals surface area contributed by atoms with Crippen LogP contribution in [-0.2, 0) is 30.6 Å². The first-order valence-corrected chi connectivity index (χ1v) is 10.9. The predicted molar refractivity (Wildman–Crippen MR) is 99.1 cm³/mol. The fourth-order valence-corrected chi connectivity index (χ4v) is 5.03. The van der Waals surface area contributed by atoms with Gasteiger partial charge >= 0.3 is 12.1 Å². The summed E-state index contributed by atoms with van der Waals surface area (Å²) in [4.78, 5) is 36.4. The SMILES string of the molecule is O=C(O)CCC1NC(=O)C2CC(NS(=O)(=O)c3cccc(C(F)(F)F)c3)CCN2C1=O. The van der Waals surface area contributed by atoms with E-state index in [4.69, 9.17) is 5.11 Å². The second kappa shape index (κ2) is 8.46. The molecule has 1 aromatic rings. The summed E-state index contributed by atoms with van der Waals surface area (Å²) >= 11 is 0. The molecule has 2 saturated heterocycles. The fourth-order valence-electron chi connectivity index (χ4n) is 3.71. The van der Waals surface area contributed by atoms with E-state index in [1.807, 2.05) is 0 Å². The van der Waals surface area contributed by atoms with Crippen LogP contribution in [0.5, 0.6) is 0 Å². The van der Waals surface area contributed by atoms with Gasteiger partial charge in [-0.1, -0.05) is 6.07 Å². The molecule has 0 radical (unpaired) electrons. The molecular weight excluding hydrogens is 443 g/mol. The molecule has 3 atom stereocenters. The number of rotatable bonds is 6. The van der Waals surface area contributed by atoms with Crippen molar-refractivity contribution in [3.63, 3.8) is 0 Å². The maximum atomic E-state index is 12.9. The zero-order valence-electron chi connectivity index (χ0n) is 16.1. The van der Waals surface area contributed by atoms with Crippen molar-refractivity contribution < 1.29 is 41.1 Å². The minimum atomic E-state index is -4.70. The van der Waals surface area contributed by atoms with Crippen LogP contribution in [0, 0.1) is 0 Å². The van der Waals surface area contributed by atoms with Crippen molar-refractivity contribution in [1.82, 2.24) is 14.9 Å². The fraction of sp³-hybridized carbons (Fsp3) is 0.500. The monoisotopic (exact) mass is 463 g/mol. The number of sulfonamides is 1. The standard InChI is InChI=1S/C18H20F3N3O6S/c19-18(20,21)10-2-1-3-12(8-10)31(29,30)23-11-6-7-24-14(9-11)16(27)22-13(17(24)28)4-5-15(25)26/h1-3,8,11,13-14,23H,4-7,9H2,(H,22,27)(H,25,26). The summed E-state index contributed by atoms with van der Waals surface area (Å²) in [6.45, 7) is 0.0519. The maximum absolute atomic E-state index is 12.9. The number of hydrogen-bond acceptors (Lipinski definition) is 5. The largest absolute Gasteiger partial charge is 0.481 e. The van der Waals surface area contributed by atoms with E-state index in [2.05, 4.69) is 10.0 Å². The van der Waals surface area contributed by atoms with Gasteiger partial charge in [-0.25, -0.2) is 13.1 Å². The molecule has 31 heavy (non-hydrogen) atoms. The molecule has 3 N–H and O–H groups in total. The Morgan fingerprint density at radius 1 is 1.29 bits per heavy atom. The molecule has 2 fully saturated rings. The van der Waals surface area contributed by atoms with Crippen LogP contribution in [0.2, 0.25) is 0 Å². The summed E-state index contributed by atoms with van der Waals surface area (Å²) in [5.74, 6) is -2.07. The van der Waals surface area contributed by atoms with E-state index in [1.165, 1.54) is 4.90 Å². The number of carbonyl (C=O) groups is 3. The molecule has 13 heteroatoms. The Balaban J connectivity index is 1.69. The molecule has 3 unspecified atom stereocenters.